The fourth-order valence-electron chi connectivity index (χ4n) is 3.76. The molecule has 3 aromatic carbocycles. The molecule has 0 heterocycles. The first kappa shape index (κ1) is 32.1. The molecule has 4 amide bonds. The Balaban J connectivity index is 1.71. The maximum atomic E-state index is 13.3. The maximum Gasteiger partial charge on any atom is 0.335 e. The van der Waals surface area contributed by atoms with Crippen LogP contribution in [0.5, 0.6) is 5.75 Å². The number of benzene rings is 3. The molecule has 0 radical (unpaired) electrons. The van der Waals surface area contributed by atoms with Crippen molar-refractivity contribution in [2.45, 2.75) is 26.4 Å². The zero-order valence-corrected chi connectivity index (χ0v) is 24.3. The number of anilines is 3. The molecule has 43 heavy (non-hydrogen) atoms. The molecule has 0 spiro atoms. The summed E-state index contributed by atoms with van der Waals surface area (Å²) in [6.07, 6.45) is 0. The summed E-state index contributed by atoms with van der Waals surface area (Å²) in [7, 11) is 1.63. The molecule has 0 atom stereocenters. The molecule has 12 heteroatoms. The Morgan fingerprint density at radius 3 is 2.19 bits per heavy atom. The van der Waals surface area contributed by atoms with Gasteiger partial charge in [-0.3, -0.25) is 19.3 Å². The Kier molecular flexibility index (Phi) is 10.8. The van der Waals surface area contributed by atoms with Gasteiger partial charge in [0.25, 0.3) is 5.91 Å². The van der Waals surface area contributed by atoms with Crippen LogP contribution in [0, 0.1) is 0 Å². The van der Waals surface area contributed by atoms with Gasteiger partial charge in [0.15, 0.2) is 6.61 Å². The number of esters is 1. The van der Waals surface area contributed by atoms with Crippen LogP contribution >= 0.6 is 0 Å². The molecule has 3 rings (SSSR count). The van der Waals surface area contributed by atoms with Crippen molar-refractivity contribution in [1.29, 1.82) is 0 Å². The highest BCUT2D eigenvalue weighted by Gasteiger charge is 2.24. The summed E-state index contributed by atoms with van der Waals surface area (Å²) in [5.41, 5.74) is 0.365. The summed E-state index contributed by atoms with van der Waals surface area (Å²) in [4.78, 5) is 64.8. The summed E-state index contributed by atoms with van der Waals surface area (Å²) in [6, 6.07) is 20.2. The molecular formula is C31H34N4O8. The standard InChI is InChI=1S/C31H34N4O8/c1-31(2,3)43-28(38)19-35(26(36)18-32-30(41)33-22-11-8-10-21(16-22)29(39)40)24-14-9-15-25(17-24)42-20-27(37)34(4)23-12-6-5-7-13-23/h5-17H,18-20H2,1-4H3,(H,39,40)(H2,32,33,41). The van der Waals surface area contributed by atoms with Crippen molar-refractivity contribution in [2.75, 3.05) is 41.9 Å². The maximum absolute atomic E-state index is 13.3. The number of hydrogen-bond acceptors (Lipinski definition) is 7. The van der Waals surface area contributed by atoms with Crippen molar-refractivity contribution in [3.63, 3.8) is 0 Å². The van der Waals surface area contributed by atoms with Gasteiger partial charge in [-0.25, -0.2) is 9.59 Å². The highest BCUT2D eigenvalue weighted by molar-refractivity contribution is 6.01. The molecule has 0 aliphatic rings. The van der Waals surface area contributed by atoms with Gasteiger partial charge in [-0.05, 0) is 63.2 Å². The average Bonchev–Trinajstić information content (AvgIpc) is 2.97. The summed E-state index contributed by atoms with van der Waals surface area (Å²) in [5, 5.41) is 14.0. The second-order valence-electron chi connectivity index (χ2n) is 10.3. The van der Waals surface area contributed by atoms with Crippen LogP contribution in [-0.2, 0) is 19.1 Å². The topological polar surface area (TPSA) is 155 Å². The van der Waals surface area contributed by atoms with Gasteiger partial charge in [-0.2, -0.15) is 0 Å². The number of carboxylic acids is 1. The monoisotopic (exact) mass is 590 g/mol. The second-order valence-corrected chi connectivity index (χ2v) is 10.3. The average molecular weight is 591 g/mol. The number of aromatic carboxylic acids is 1. The van der Waals surface area contributed by atoms with Gasteiger partial charge in [0.1, 0.15) is 17.9 Å². The number of nitrogens with zero attached hydrogens (tertiary/aromatic N) is 2. The van der Waals surface area contributed by atoms with Gasteiger partial charge in [0.05, 0.1) is 12.1 Å². The van der Waals surface area contributed by atoms with Crippen molar-refractivity contribution in [2.24, 2.45) is 0 Å². The minimum absolute atomic E-state index is 0.0204. The van der Waals surface area contributed by atoms with Crippen molar-refractivity contribution in [3.05, 3.63) is 84.4 Å². The van der Waals surface area contributed by atoms with Crippen LogP contribution in [0.1, 0.15) is 31.1 Å². The Morgan fingerprint density at radius 2 is 1.51 bits per heavy atom. The van der Waals surface area contributed by atoms with Crippen LogP contribution in [0.2, 0.25) is 0 Å². The van der Waals surface area contributed by atoms with Crippen LogP contribution in [0.15, 0.2) is 78.9 Å². The third kappa shape index (κ3) is 10.2. The fourth-order valence-corrected chi connectivity index (χ4v) is 3.76. The summed E-state index contributed by atoms with van der Waals surface area (Å²) in [6.45, 7) is 3.85. The molecule has 3 aromatic rings. The number of para-hydroxylation sites is 1. The van der Waals surface area contributed by atoms with Crippen LogP contribution in [-0.4, -0.2) is 67.2 Å². The van der Waals surface area contributed by atoms with Crippen molar-refractivity contribution < 1.29 is 38.6 Å². The Morgan fingerprint density at radius 1 is 0.837 bits per heavy atom. The minimum Gasteiger partial charge on any atom is -0.484 e. The Labute approximate surface area is 249 Å². The molecule has 0 saturated heterocycles. The largest absolute Gasteiger partial charge is 0.484 e. The highest BCUT2D eigenvalue weighted by Crippen LogP contribution is 2.23. The molecule has 0 bridgehead atoms. The van der Waals surface area contributed by atoms with Crippen LogP contribution in [0.25, 0.3) is 0 Å². The predicted octanol–water partition coefficient (Wildman–Crippen LogP) is 3.92. The molecule has 226 valence electrons. The van der Waals surface area contributed by atoms with Gasteiger partial charge in [0, 0.05) is 30.2 Å². The number of likely N-dealkylation sites (N-methyl/N-ethyl adjacent to an activating group) is 1. The Bertz CT molecular complexity index is 1470. The highest BCUT2D eigenvalue weighted by atomic mass is 16.6. The molecule has 0 aromatic heterocycles. The molecule has 0 fully saturated rings. The van der Waals surface area contributed by atoms with E-state index in [-0.39, 0.29) is 35.2 Å². The van der Waals surface area contributed by atoms with Gasteiger partial charge in [0.2, 0.25) is 5.91 Å². The predicted molar refractivity (Wildman–Crippen MR) is 160 cm³/mol. The lowest BCUT2D eigenvalue weighted by Gasteiger charge is -2.26. The van der Waals surface area contributed by atoms with E-state index in [4.69, 9.17) is 14.6 Å². The number of urea groups is 1. The molecule has 3 N–H and O–H groups in total. The SMILES string of the molecule is CN(C(=O)COc1cccc(N(CC(=O)OC(C)(C)C)C(=O)CNC(=O)Nc2cccc(C(=O)O)c2)c1)c1ccccc1. The zero-order valence-electron chi connectivity index (χ0n) is 24.3. The lowest BCUT2D eigenvalue weighted by molar-refractivity contribution is -0.153. The summed E-state index contributed by atoms with van der Waals surface area (Å²) < 4.78 is 11.1. The van der Waals surface area contributed by atoms with E-state index in [0.29, 0.717) is 5.69 Å². The zero-order chi connectivity index (χ0) is 31.6. The number of nitrogens with one attached hydrogen (secondary N) is 2. The minimum atomic E-state index is -1.16. The van der Waals surface area contributed by atoms with Gasteiger partial charge in [-0.1, -0.05) is 30.3 Å². The molecule has 0 unspecified atom stereocenters. The third-order valence-corrected chi connectivity index (χ3v) is 5.79. The molecular weight excluding hydrogens is 556 g/mol. The lowest BCUT2D eigenvalue weighted by Crippen LogP contribution is -2.45. The van der Waals surface area contributed by atoms with E-state index in [9.17, 15) is 24.0 Å². The number of ether oxygens (including phenoxy) is 2. The van der Waals surface area contributed by atoms with Crippen molar-refractivity contribution in [3.8, 4) is 5.75 Å². The smallest absolute Gasteiger partial charge is 0.335 e. The van der Waals surface area contributed by atoms with Crippen LogP contribution in [0.3, 0.4) is 0 Å². The first-order valence-corrected chi connectivity index (χ1v) is 13.3. The quantitative estimate of drug-likeness (QED) is 0.284. The lowest BCUT2D eigenvalue weighted by atomic mass is 10.2. The van der Waals surface area contributed by atoms with Crippen LogP contribution < -0.4 is 25.2 Å². The van der Waals surface area contributed by atoms with Gasteiger partial charge in [-0.15, -0.1) is 0 Å². The molecule has 0 aliphatic heterocycles. The van der Waals surface area contributed by atoms with E-state index < -0.39 is 42.6 Å². The van der Waals surface area contributed by atoms with E-state index in [0.717, 1.165) is 4.90 Å². The molecule has 0 saturated carbocycles. The molecule has 12 nitrogen and oxygen atoms in total. The van der Waals surface area contributed by atoms with E-state index in [1.165, 1.54) is 35.2 Å². The number of carbonyl (C=O) groups is 5. The fraction of sp³-hybridized carbons (Fsp3) is 0.258. The number of amides is 4. The van der Waals surface area contributed by atoms with E-state index in [1.807, 2.05) is 18.2 Å². The first-order valence-electron chi connectivity index (χ1n) is 13.3. The van der Waals surface area contributed by atoms with Gasteiger partial charge >= 0.3 is 18.0 Å². The van der Waals surface area contributed by atoms with E-state index in [1.54, 1.807) is 58.2 Å². The second kappa shape index (κ2) is 14.5. The van der Waals surface area contributed by atoms with Crippen LogP contribution in [0.4, 0.5) is 21.9 Å². The first-order chi connectivity index (χ1) is 20.3. The molecule has 0 aliphatic carbocycles. The Hall–Kier alpha value is -5.39. The van der Waals surface area contributed by atoms with E-state index >= 15 is 0 Å². The van der Waals surface area contributed by atoms with Crippen molar-refractivity contribution in [1.82, 2.24) is 5.32 Å². The summed E-state index contributed by atoms with van der Waals surface area (Å²) >= 11 is 0. The van der Waals surface area contributed by atoms with Gasteiger partial charge < -0.3 is 30.1 Å². The number of carbonyl (C=O) groups excluding carboxylic acids is 4. The van der Waals surface area contributed by atoms with E-state index in [2.05, 4.69) is 10.6 Å². The third-order valence-electron chi connectivity index (χ3n) is 5.79. The number of carboxylic acid groups (broad SMARTS) is 1. The summed E-state index contributed by atoms with van der Waals surface area (Å²) in [5.74, 6) is -2.50. The number of hydrogen-bond donors (Lipinski definition) is 3. The normalized spacial score (nSPS) is 10.7. The number of rotatable bonds is 11. The van der Waals surface area contributed by atoms with Crippen molar-refractivity contribution >= 4 is 46.8 Å².